The van der Waals surface area contributed by atoms with E-state index in [1.54, 1.807) is 18.2 Å². The number of ether oxygens (including phenoxy) is 1. The number of phenolic OH excluding ortho intramolecular Hbond substituents is 1. The molecule has 0 aliphatic heterocycles. The Hall–Kier alpha value is -2.20. The van der Waals surface area contributed by atoms with Gasteiger partial charge in [0, 0.05) is 10.6 Å². The number of aromatic hydroxyl groups is 1. The summed E-state index contributed by atoms with van der Waals surface area (Å²) in [6, 6.07) is 10.9. The van der Waals surface area contributed by atoms with Gasteiger partial charge in [0.1, 0.15) is 11.5 Å². The minimum atomic E-state index is -0.305. The summed E-state index contributed by atoms with van der Waals surface area (Å²) in [7, 11) is 1.51. The zero-order valence-electron chi connectivity index (χ0n) is 10.2. The van der Waals surface area contributed by atoms with Gasteiger partial charge in [-0.2, -0.15) is 0 Å². The molecule has 0 spiro atoms. The van der Waals surface area contributed by atoms with E-state index in [0.717, 1.165) is 0 Å². The molecule has 98 valence electrons. The van der Waals surface area contributed by atoms with E-state index in [1.165, 1.54) is 31.4 Å². The first kappa shape index (κ1) is 13.2. The van der Waals surface area contributed by atoms with Crippen LogP contribution in [0.2, 0.25) is 5.02 Å². The molecule has 2 aromatic carbocycles. The minimum absolute atomic E-state index is 0.108. The molecule has 0 aliphatic rings. The van der Waals surface area contributed by atoms with Crippen LogP contribution in [0, 0.1) is 0 Å². The summed E-state index contributed by atoms with van der Waals surface area (Å²) in [4.78, 5) is 12.0. The van der Waals surface area contributed by atoms with Gasteiger partial charge in [-0.1, -0.05) is 11.6 Å². The monoisotopic (exact) mass is 277 g/mol. The number of rotatable bonds is 3. The molecular formula is C14H12ClNO3. The van der Waals surface area contributed by atoms with E-state index in [4.69, 9.17) is 16.3 Å². The first-order valence-corrected chi connectivity index (χ1v) is 5.92. The molecule has 2 rings (SSSR count). The lowest BCUT2D eigenvalue weighted by Gasteiger charge is -2.10. The average Bonchev–Trinajstić information content (AvgIpc) is 2.39. The van der Waals surface area contributed by atoms with Gasteiger partial charge < -0.3 is 15.2 Å². The topological polar surface area (TPSA) is 58.6 Å². The van der Waals surface area contributed by atoms with E-state index >= 15 is 0 Å². The number of amides is 1. The van der Waals surface area contributed by atoms with E-state index < -0.39 is 0 Å². The van der Waals surface area contributed by atoms with E-state index in [-0.39, 0.29) is 11.7 Å². The van der Waals surface area contributed by atoms with Crippen LogP contribution in [0.4, 0.5) is 5.69 Å². The molecule has 19 heavy (non-hydrogen) atoms. The number of methoxy groups -OCH3 is 1. The van der Waals surface area contributed by atoms with Gasteiger partial charge in [0.05, 0.1) is 12.8 Å². The maximum atomic E-state index is 12.0. The first-order chi connectivity index (χ1) is 9.10. The number of hydrogen-bond acceptors (Lipinski definition) is 3. The molecule has 0 aromatic heterocycles. The van der Waals surface area contributed by atoms with Gasteiger partial charge in [-0.25, -0.2) is 0 Å². The fourth-order valence-corrected chi connectivity index (χ4v) is 1.76. The fraction of sp³-hybridized carbons (Fsp3) is 0.0714. The number of carbonyl (C=O) groups is 1. The van der Waals surface area contributed by atoms with Crippen LogP contribution in [0.1, 0.15) is 10.4 Å². The van der Waals surface area contributed by atoms with Crippen LogP contribution in [-0.2, 0) is 0 Å². The zero-order chi connectivity index (χ0) is 13.8. The van der Waals surface area contributed by atoms with E-state index in [2.05, 4.69) is 5.32 Å². The van der Waals surface area contributed by atoms with Crippen molar-refractivity contribution in [2.24, 2.45) is 0 Å². The molecule has 2 aromatic rings. The highest BCUT2D eigenvalue weighted by Crippen LogP contribution is 2.28. The van der Waals surface area contributed by atoms with Crippen LogP contribution < -0.4 is 10.1 Å². The summed E-state index contributed by atoms with van der Waals surface area (Å²) in [5.74, 6) is 0.328. The van der Waals surface area contributed by atoms with Crippen molar-refractivity contribution in [1.82, 2.24) is 0 Å². The van der Waals surface area contributed by atoms with E-state index in [9.17, 15) is 9.90 Å². The number of carbonyl (C=O) groups excluding carboxylic acids is 1. The summed E-state index contributed by atoms with van der Waals surface area (Å²) in [6.45, 7) is 0. The molecule has 0 radical (unpaired) electrons. The molecule has 0 heterocycles. The Balaban J connectivity index is 2.23. The second-order valence-corrected chi connectivity index (χ2v) is 4.28. The third kappa shape index (κ3) is 3.17. The zero-order valence-corrected chi connectivity index (χ0v) is 10.9. The highest BCUT2D eigenvalue weighted by Gasteiger charge is 2.10. The van der Waals surface area contributed by atoms with Crippen LogP contribution >= 0.6 is 11.6 Å². The van der Waals surface area contributed by atoms with Gasteiger partial charge in [0.15, 0.2) is 0 Å². The number of phenols is 1. The highest BCUT2D eigenvalue weighted by atomic mass is 35.5. The maximum absolute atomic E-state index is 12.0. The Bertz CT molecular complexity index is 596. The number of anilines is 1. The quantitative estimate of drug-likeness (QED) is 0.905. The van der Waals surface area contributed by atoms with Crippen molar-refractivity contribution < 1.29 is 14.6 Å². The van der Waals surface area contributed by atoms with Gasteiger partial charge in [-0.3, -0.25) is 4.79 Å². The average molecular weight is 278 g/mol. The Morgan fingerprint density at radius 3 is 2.53 bits per heavy atom. The van der Waals surface area contributed by atoms with E-state index in [0.29, 0.717) is 22.0 Å². The summed E-state index contributed by atoms with van der Waals surface area (Å²) < 4.78 is 5.14. The van der Waals surface area contributed by atoms with Crippen molar-refractivity contribution in [2.45, 2.75) is 0 Å². The maximum Gasteiger partial charge on any atom is 0.255 e. The van der Waals surface area contributed by atoms with Crippen molar-refractivity contribution in [3.63, 3.8) is 0 Å². The standard InChI is InChI=1S/C14H12ClNO3/c1-19-13-7-4-10(15)8-12(13)16-14(18)9-2-5-11(17)6-3-9/h2-8,17H,1H3,(H,16,18). The number of halogens is 1. The molecule has 0 unspecified atom stereocenters. The molecule has 0 saturated carbocycles. The lowest BCUT2D eigenvalue weighted by Crippen LogP contribution is -2.12. The van der Waals surface area contributed by atoms with Gasteiger partial charge in [-0.15, -0.1) is 0 Å². The number of hydrogen-bond donors (Lipinski definition) is 2. The Morgan fingerprint density at radius 2 is 1.89 bits per heavy atom. The Morgan fingerprint density at radius 1 is 1.21 bits per heavy atom. The molecule has 4 nitrogen and oxygen atoms in total. The van der Waals surface area contributed by atoms with Crippen LogP contribution in [-0.4, -0.2) is 18.1 Å². The molecule has 5 heteroatoms. The van der Waals surface area contributed by atoms with Gasteiger partial charge in [0.25, 0.3) is 5.91 Å². The fourth-order valence-electron chi connectivity index (χ4n) is 1.59. The Labute approximate surface area is 115 Å². The Kier molecular flexibility index (Phi) is 3.92. The lowest BCUT2D eigenvalue weighted by atomic mass is 10.2. The van der Waals surface area contributed by atoms with E-state index in [1.807, 2.05) is 0 Å². The van der Waals surface area contributed by atoms with Gasteiger partial charge in [0.2, 0.25) is 0 Å². The summed E-state index contributed by atoms with van der Waals surface area (Å²) in [5.41, 5.74) is 0.924. The summed E-state index contributed by atoms with van der Waals surface area (Å²) in [6.07, 6.45) is 0. The molecule has 0 fully saturated rings. The van der Waals surface area contributed by atoms with Crippen molar-refractivity contribution in [1.29, 1.82) is 0 Å². The van der Waals surface area contributed by atoms with Crippen LogP contribution in [0.5, 0.6) is 11.5 Å². The van der Waals surface area contributed by atoms with Crippen LogP contribution in [0.25, 0.3) is 0 Å². The molecule has 0 aliphatic carbocycles. The van der Waals surface area contributed by atoms with Crippen molar-refractivity contribution in [3.05, 3.63) is 53.1 Å². The second kappa shape index (κ2) is 5.63. The minimum Gasteiger partial charge on any atom is -0.508 e. The summed E-state index contributed by atoms with van der Waals surface area (Å²) in [5, 5.41) is 12.4. The molecule has 0 saturated heterocycles. The molecular weight excluding hydrogens is 266 g/mol. The SMILES string of the molecule is COc1ccc(Cl)cc1NC(=O)c1ccc(O)cc1. The number of nitrogens with one attached hydrogen (secondary N) is 1. The molecule has 0 atom stereocenters. The van der Waals surface area contributed by atoms with Gasteiger partial charge in [-0.05, 0) is 42.5 Å². The predicted octanol–water partition coefficient (Wildman–Crippen LogP) is 3.31. The third-order valence-electron chi connectivity index (χ3n) is 2.54. The van der Waals surface area contributed by atoms with Crippen molar-refractivity contribution in [2.75, 3.05) is 12.4 Å². The number of benzene rings is 2. The predicted molar refractivity (Wildman–Crippen MR) is 74.1 cm³/mol. The van der Waals surface area contributed by atoms with Crippen LogP contribution in [0.15, 0.2) is 42.5 Å². The molecule has 0 bridgehead atoms. The highest BCUT2D eigenvalue weighted by molar-refractivity contribution is 6.31. The van der Waals surface area contributed by atoms with Crippen molar-refractivity contribution >= 4 is 23.2 Å². The largest absolute Gasteiger partial charge is 0.508 e. The molecule has 1 amide bonds. The van der Waals surface area contributed by atoms with Gasteiger partial charge >= 0.3 is 0 Å². The smallest absolute Gasteiger partial charge is 0.255 e. The summed E-state index contributed by atoms with van der Waals surface area (Å²) >= 11 is 5.88. The second-order valence-electron chi connectivity index (χ2n) is 3.85. The van der Waals surface area contributed by atoms with Crippen molar-refractivity contribution in [3.8, 4) is 11.5 Å². The molecule has 2 N–H and O–H groups in total. The lowest BCUT2D eigenvalue weighted by molar-refractivity contribution is 0.102. The van der Waals surface area contributed by atoms with Crippen LogP contribution in [0.3, 0.4) is 0 Å². The first-order valence-electron chi connectivity index (χ1n) is 5.54. The third-order valence-corrected chi connectivity index (χ3v) is 2.77. The normalized spacial score (nSPS) is 10.0.